The summed E-state index contributed by atoms with van der Waals surface area (Å²) in [7, 11) is 0. The van der Waals surface area contributed by atoms with Crippen LogP contribution in [0.5, 0.6) is 0 Å². The molecule has 0 aliphatic carbocycles. The monoisotopic (exact) mass is 258 g/mol. The Balaban J connectivity index is 3.32. The van der Waals surface area contributed by atoms with Gasteiger partial charge < -0.3 is 4.74 Å². The summed E-state index contributed by atoms with van der Waals surface area (Å²) in [4.78, 5) is 11.8. The summed E-state index contributed by atoms with van der Waals surface area (Å²) in [6.45, 7) is 6.16. The number of unbranched alkanes of at least 4 members (excludes halogenated alkanes) is 5. The first-order valence-corrected chi connectivity index (χ1v) is 7.58. The average Bonchev–Trinajstić information content (AvgIpc) is 2.27. The van der Waals surface area contributed by atoms with Crippen LogP contribution in [0.25, 0.3) is 0 Å². The van der Waals surface area contributed by atoms with Crippen LogP contribution in [0.4, 0.5) is 0 Å². The van der Waals surface area contributed by atoms with Crippen molar-refractivity contribution in [2.24, 2.45) is 0 Å². The van der Waals surface area contributed by atoms with E-state index in [1.807, 2.05) is 17.8 Å². The van der Waals surface area contributed by atoms with Gasteiger partial charge in [0.1, 0.15) is 6.61 Å². The standard InChI is InChI=1S/C14H26O2S/c1-4-5-6-7-8-9-12-17-13(2)10-11-16-14(3)15/h10H,4-9,11-12H2,1-3H3/b13-10+. The van der Waals surface area contributed by atoms with E-state index in [0.29, 0.717) is 6.61 Å². The number of thioether (sulfide) groups is 1. The predicted octanol–water partition coefficient (Wildman–Crippen LogP) is 4.55. The SMILES string of the molecule is CCCCCCCCS/C(C)=C/COC(C)=O. The van der Waals surface area contributed by atoms with E-state index in [4.69, 9.17) is 4.74 Å². The second-order valence-electron chi connectivity index (χ2n) is 4.23. The highest BCUT2D eigenvalue weighted by atomic mass is 32.2. The topological polar surface area (TPSA) is 26.3 Å². The molecular weight excluding hydrogens is 232 g/mol. The van der Waals surface area contributed by atoms with Gasteiger partial charge in [-0.05, 0) is 30.1 Å². The van der Waals surface area contributed by atoms with Gasteiger partial charge in [-0.15, -0.1) is 11.8 Å². The van der Waals surface area contributed by atoms with Crippen LogP contribution in [0.2, 0.25) is 0 Å². The number of ether oxygens (including phenoxy) is 1. The maximum Gasteiger partial charge on any atom is 0.302 e. The molecule has 0 aromatic carbocycles. The number of esters is 1. The first-order valence-electron chi connectivity index (χ1n) is 6.59. The molecule has 0 aromatic heterocycles. The molecule has 0 radical (unpaired) electrons. The Bertz CT molecular complexity index is 224. The number of hydrogen-bond donors (Lipinski definition) is 0. The van der Waals surface area contributed by atoms with E-state index in [9.17, 15) is 4.79 Å². The van der Waals surface area contributed by atoms with Gasteiger partial charge in [0, 0.05) is 6.92 Å². The van der Waals surface area contributed by atoms with Crippen molar-refractivity contribution in [1.82, 2.24) is 0 Å². The highest BCUT2D eigenvalue weighted by Crippen LogP contribution is 2.17. The van der Waals surface area contributed by atoms with Gasteiger partial charge in [-0.2, -0.15) is 0 Å². The van der Waals surface area contributed by atoms with Crippen molar-refractivity contribution in [3.05, 3.63) is 11.0 Å². The molecule has 0 aliphatic heterocycles. The molecule has 0 N–H and O–H groups in total. The summed E-state index contributed by atoms with van der Waals surface area (Å²) >= 11 is 1.86. The number of carbonyl (C=O) groups excluding carboxylic acids is 1. The van der Waals surface area contributed by atoms with Gasteiger partial charge in [0.25, 0.3) is 0 Å². The van der Waals surface area contributed by atoms with Crippen molar-refractivity contribution >= 4 is 17.7 Å². The van der Waals surface area contributed by atoms with E-state index in [0.717, 1.165) is 0 Å². The lowest BCUT2D eigenvalue weighted by atomic mass is 10.1. The Labute approximate surface area is 110 Å². The fraction of sp³-hybridized carbons (Fsp3) is 0.786. The largest absolute Gasteiger partial charge is 0.462 e. The fourth-order valence-electron chi connectivity index (χ4n) is 1.45. The molecule has 0 aliphatic rings. The van der Waals surface area contributed by atoms with E-state index in [2.05, 4.69) is 13.8 Å². The third-order valence-electron chi connectivity index (χ3n) is 2.49. The number of rotatable bonds is 10. The first kappa shape index (κ1) is 16.6. The summed E-state index contributed by atoms with van der Waals surface area (Å²) in [5.74, 6) is 0.962. The molecule has 17 heavy (non-hydrogen) atoms. The molecule has 0 spiro atoms. The Kier molecular flexibility index (Phi) is 11.7. The lowest BCUT2D eigenvalue weighted by molar-refractivity contribution is -0.139. The van der Waals surface area contributed by atoms with Crippen LogP contribution in [-0.2, 0) is 9.53 Å². The van der Waals surface area contributed by atoms with Gasteiger partial charge >= 0.3 is 5.97 Å². The number of hydrogen-bond acceptors (Lipinski definition) is 3. The van der Waals surface area contributed by atoms with Crippen molar-refractivity contribution in [1.29, 1.82) is 0 Å². The van der Waals surface area contributed by atoms with Gasteiger partial charge in [-0.1, -0.05) is 39.0 Å². The van der Waals surface area contributed by atoms with Gasteiger partial charge in [0.15, 0.2) is 0 Å². The highest BCUT2D eigenvalue weighted by Gasteiger charge is 1.94. The Morgan fingerprint density at radius 3 is 2.41 bits per heavy atom. The molecule has 3 heteroatoms. The molecule has 0 bridgehead atoms. The summed E-state index contributed by atoms with van der Waals surface area (Å²) in [5.41, 5.74) is 0. The second kappa shape index (κ2) is 12.0. The van der Waals surface area contributed by atoms with Crippen LogP contribution < -0.4 is 0 Å². The zero-order valence-electron chi connectivity index (χ0n) is 11.5. The first-order chi connectivity index (χ1) is 8.16. The lowest BCUT2D eigenvalue weighted by Crippen LogP contribution is -1.97. The molecule has 0 amide bonds. The third-order valence-corrected chi connectivity index (χ3v) is 3.60. The zero-order valence-corrected chi connectivity index (χ0v) is 12.3. The number of carbonyl (C=O) groups is 1. The highest BCUT2D eigenvalue weighted by molar-refractivity contribution is 8.03. The minimum absolute atomic E-state index is 0.213. The van der Waals surface area contributed by atoms with Crippen molar-refractivity contribution in [2.45, 2.75) is 59.3 Å². The Hall–Kier alpha value is -0.440. The maximum absolute atomic E-state index is 10.6. The minimum Gasteiger partial charge on any atom is -0.462 e. The van der Waals surface area contributed by atoms with E-state index in [1.54, 1.807) is 0 Å². The quantitative estimate of drug-likeness (QED) is 0.425. The van der Waals surface area contributed by atoms with E-state index in [-0.39, 0.29) is 5.97 Å². The Morgan fingerprint density at radius 1 is 1.12 bits per heavy atom. The number of allylic oxidation sites excluding steroid dienone is 1. The zero-order chi connectivity index (χ0) is 12.9. The molecule has 0 saturated carbocycles. The molecule has 0 saturated heterocycles. The van der Waals surface area contributed by atoms with Crippen LogP contribution in [0.3, 0.4) is 0 Å². The smallest absolute Gasteiger partial charge is 0.302 e. The summed E-state index contributed by atoms with van der Waals surface area (Å²) in [6.07, 6.45) is 10.0. The van der Waals surface area contributed by atoms with Crippen LogP contribution >= 0.6 is 11.8 Å². The van der Waals surface area contributed by atoms with Crippen LogP contribution in [0, 0.1) is 0 Å². The molecule has 100 valence electrons. The van der Waals surface area contributed by atoms with Crippen molar-refractivity contribution in [3.63, 3.8) is 0 Å². The minimum atomic E-state index is -0.213. The third kappa shape index (κ3) is 13.5. The molecular formula is C14H26O2S. The second-order valence-corrected chi connectivity index (χ2v) is 5.57. The lowest BCUT2D eigenvalue weighted by Gasteiger charge is -2.03. The van der Waals surface area contributed by atoms with Crippen molar-refractivity contribution in [3.8, 4) is 0 Å². The molecule has 0 atom stereocenters. The van der Waals surface area contributed by atoms with E-state index in [1.165, 1.54) is 56.1 Å². The molecule has 0 heterocycles. The van der Waals surface area contributed by atoms with Gasteiger partial charge in [0.2, 0.25) is 0 Å². The van der Waals surface area contributed by atoms with Crippen LogP contribution in [-0.4, -0.2) is 18.3 Å². The normalized spacial score (nSPS) is 11.6. The van der Waals surface area contributed by atoms with Crippen molar-refractivity contribution < 1.29 is 9.53 Å². The summed E-state index contributed by atoms with van der Waals surface area (Å²) in [5, 5.41) is 0. The molecule has 0 fully saturated rings. The van der Waals surface area contributed by atoms with E-state index < -0.39 is 0 Å². The Morgan fingerprint density at radius 2 is 1.76 bits per heavy atom. The predicted molar refractivity (Wildman–Crippen MR) is 76.2 cm³/mol. The van der Waals surface area contributed by atoms with Gasteiger partial charge in [-0.25, -0.2) is 0 Å². The molecule has 0 aromatic rings. The van der Waals surface area contributed by atoms with Crippen LogP contribution in [0.15, 0.2) is 11.0 Å². The maximum atomic E-state index is 10.6. The molecule has 2 nitrogen and oxygen atoms in total. The van der Waals surface area contributed by atoms with Crippen LogP contribution in [0.1, 0.15) is 59.3 Å². The van der Waals surface area contributed by atoms with Crippen molar-refractivity contribution in [2.75, 3.05) is 12.4 Å². The fourth-order valence-corrected chi connectivity index (χ4v) is 2.31. The summed E-state index contributed by atoms with van der Waals surface area (Å²) < 4.78 is 4.86. The average molecular weight is 258 g/mol. The van der Waals surface area contributed by atoms with Gasteiger partial charge in [0.05, 0.1) is 0 Å². The van der Waals surface area contributed by atoms with Gasteiger partial charge in [-0.3, -0.25) is 4.79 Å². The van der Waals surface area contributed by atoms with E-state index >= 15 is 0 Å². The molecule has 0 unspecified atom stereocenters. The molecule has 0 rings (SSSR count). The summed E-state index contributed by atoms with van der Waals surface area (Å²) in [6, 6.07) is 0.